The van der Waals surface area contributed by atoms with Crippen molar-refractivity contribution in [3.8, 4) is 0 Å². The third-order valence-corrected chi connectivity index (χ3v) is 1.73. The zero-order chi connectivity index (χ0) is 13.7. The molecule has 17 heavy (non-hydrogen) atoms. The summed E-state index contributed by atoms with van der Waals surface area (Å²) in [6, 6.07) is 10.3. The second-order valence-electron chi connectivity index (χ2n) is 2.71. The average Bonchev–Trinajstić information content (AvgIpc) is 2.45. The number of nitrogens with zero attached hydrogens (tertiary/aromatic N) is 1. The van der Waals surface area contributed by atoms with E-state index in [0.717, 1.165) is 5.52 Å². The molecule has 0 aliphatic carbocycles. The third kappa shape index (κ3) is 6.72. The lowest BCUT2D eigenvalue weighted by Crippen LogP contribution is -1.78. The highest BCUT2D eigenvalue weighted by atomic mass is 14.6. The van der Waals surface area contributed by atoms with Gasteiger partial charge in [0.05, 0.1) is 5.52 Å². The molecule has 1 heteroatoms. The Hall–Kier alpha value is -1.37. The Morgan fingerprint density at radius 2 is 1.35 bits per heavy atom. The Balaban J connectivity index is 0. The summed E-state index contributed by atoms with van der Waals surface area (Å²) in [5.41, 5.74) is 2.28. The molecule has 0 bridgehead atoms. The van der Waals surface area contributed by atoms with Crippen molar-refractivity contribution in [2.45, 2.75) is 48.5 Å². The minimum Gasteiger partial charge on any atom is -0.256 e. The van der Waals surface area contributed by atoms with Crippen LogP contribution in [0, 0.1) is 6.92 Å². The topological polar surface area (TPSA) is 12.9 Å². The number of fused-ring (bicyclic) bond motifs is 1. The van der Waals surface area contributed by atoms with Crippen molar-refractivity contribution in [2.24, 2.45) is 0 Å². The molecule has 2 rings (SSSR count). The Kier molecular flexibility index (Phi) is 13.5. The molecule has 0 spiro atoms. The van der Waals surface area contributed by atoms with Crippen LogP contribution in [0.3, 0.4) is 0 Å². The molecular formula is C16H27N. The van der Waals surface area contributed by atoms with E-state index in [1.165, 1.54) is 10.9 Å². The first-order chi connectivity index (χ1) is 8.36. The van der Waals surface area contributed by atoms with Gasteiger partial charge in [-0.1, -0.05) is 59.7 Å². The SMILES string of the molecule is CC.CC.CC.Cc1cnc2ccccc2c1. The quantitative estimate of drug-likeness (QED) is 0.575. The molecule has 0 fully saturated rings. The Labute approximate surface area is 107 Å². The highest BCUT2D eigenvalue weighted by molar-refractivity contribution is 5.78. The molecule has 0 saturated carbocycles. The summed E-state index contributed by atoms with van der Waals surface area (Å²) in [7, 11) is 0. The van der Waals surface area contributed by atoms with Crippen LogP contribution in [0.2, 0.25) is 0 Å². The molecule has 0 saturated heterocycles. The zero-order valence-corrected chi connectivity index (χ0v) is 12.4. The minimum atomic E-state index is 1.07. The summed E-state index contributed by atoms with van der Waals surface area (Å²) in [4.78, 5) is 4.28. The summed E-state index contributed by atoms with van der Waals surface area (Å²) < 4.78 is 0. The van der Waals surface area contributed by atoms with Gasteiger partial charge in [0.1, 0.15) is 0 Å². The molecular weight excluding hydrogens is 206 g/mol. The molecule has 0 aliphatic rings. The fraction of sp³-hybridized carbons (Fsp3) is 0.438. The monoisotopic (exact) mass is 233 g/mol. The molecule has 1 aromatic carbocycles. The average molecular weight is 233 g/mol. The van der Waals surface area contributed by atoms with Gasteiger partial charge in [-0.15, -0.1) is 0 Å². The molecule has 0 radical (unpaired) electrons. The van der Waals surface area contributed by atoms with Gasteiger partial charge in [-0.05, 0) is 24.6 Å². The number of rotatable bonds is 0. The van der Waals surface area contributed by atoms with E-state index in [2.05, 4.69) is 24.0 Å². The molecule has 2 aromatic rings. The Bertz CT molecular complexity index is 380. The lowest BCUT2D eigenvalue weighted by atomic mass is 10.2. The number of hydrogen-bond acceptors (Lipinski definition) is 1. The smallest absolute Gasteiger partial charge is 0.0702 e. The van der Waals surface area contributed by atoms with Crippen LogP contribution in [0.4, 0.5) is 0 Å². The first kappa shape index (κ1) is 18.0. The predicted molar refractivity (Wildman–Crippen MR) is 80.5 cm³/mol. The van der Waals surface area contributed by atoms with Gasteiger partial charge in [-0.25, -0.2) is 0 Å². The zero-order valence-electron chi connectivity index (χ0n) is 12.4. The summed E-state index contributed by atoms with van der Waals surface area (Å²) >= 11 is 0. The van der Waals surface area contributed by atoms with Crippen molar-refractivity contribution in [2.75, 3.05) is 0 Å². The van der Waals surface area contributed by atoms with Crippen molar-refractivity contribution in [1.82, 2.24) is 4.98 Å². The number of para-hydroxylation sites is 1. The lowest BCUT2D eigenvalue weighted by Gasteiger charge is -1.95. The van der Waals surface area contributed by atoms with Crippen LogP contribution in [0.25, 0.3) is 10.9 Å². The molecule has 0 unspecified atom stereocenters. The van der Waals surface area contributed by atoms with E-state index in [1.807, 2.05) is 65.9 Å². The van der Waals surface area contributed by atoms with Crippen molar-refractivity contribution in [3.05, 3.63) is 42.1 Å². The maximum atomic E-state index is 4.28. The van der Waals surface area contributed by atoms with E-state index >= 15 is 0 Å². The van der Waals surface area contributed by atoms with Gasteiger partial charge in [0.15, 0.2) is 0 Å². The summed E-state index contributed by atoms with van der Waals surface area (Å²) in [6.07, 6.45) is 1.89. The number of benzene rings is 1. The summed E-state index contributed by atoms with van der Waals surface area (Å²) in [5.74, 6) is 0. The Morgan fingerprint density at radius 1 is 0.824 bits per heavy atom. The highest BCUT2D eigenvalue weighted by Crippen LogP contribution is 2.11. The van der Waals surface area contributed by atoms with Crippen LogP contribution in [0.5, 0.6) is 0 Å². The van der Waals surface area contributed by atoms with E-state index < -0.39 is 0 Å². The molecule has 0 N–H and O–H groups in total. The molecule has 96 valence electrons. The highest BCUT2D eigenvalue weighted by Gasteiger charge is 1.90. The lowest BCUT2D eigenvalue weighted by molar-refractivity contribution is 1.33. The minimum absolute atomic E-state index is 1.07. The molecule has 0 atom stereocenters. The molecule has 0 amide bonds. The van der Waals surface area contributed by atoms with Crippen LogP contribution in [0.1, 0.15) is 47.1 Å². The largest absolute Gasteiger partial charge is 0.256 e. The number of pyridine rings is 1. The predicted octanol–water partition coefficient (Wildman–Crippen LogP) is 5.62. The first-order valence-corrected chi connectivity index (χ1v) is 6.68. The van der Waals surface area contributed by atoms with Crippen molar-refractivity contribution in [1.29, 1.82) is 0 Å². The van der Waals surface area contributed by atoms with Crippen LogP contribution < -0.4 is 0 Å². The fourth-order valence-electron chi connectivity index (χ4n) is 1.18. The number of hydrogen-bond donors (Lipinski definition) is 0. The van der Waals surface area contributed by atoms with Crippen molar-refractivity contribution < 1.29 is 0 Å². The Morgan fingerprint density at radius 3 is 1.94 bits per heavy atom. The van der Waals surface area contributed by atoms with E-state index in [1.54, 1.807) is 0 Å². The van der Waals surface area contributed by atoms with Crippen LogP contribution in [0.15, 0.2) is 36.5 Å². The fourth-order valence-corrected chi connectivity index (χ4v) is 1.18. The standard InChI is InChI=1S/C10H9N.3C2H6/c1-8-6-9-4-2-3-5-10(9)11-7-8;3*1-2/h2-7H,1H3;3*1-2H3. The first-order valence-electron chi connectivity index (χ1n) is 6.68. The molecule has 1 aromatic heterocycles. The summed E-state index contributed by atoms with van der Waals surface area (Å²) in [5, 5.41) is 1.22. The third-order valence-electron chi connectivity index (χ3n) is 1.73. The van der Waals surface area contributed by atoms with E-state index in [9.17, 15) is 0 Å². The maximum Gasteiger partial charge on any atom is 0.0702 e. The van der Waals surface area contributed by atoms with Crippen LogP contribution in [-0.2, 0) is 0 Å². The van der Waals surface area contributed by atoms with Gasteiger partial charge >= 0.3 is 0 Å². The maximum absolute atomic E-state index is 4.28. The molecule has 1 nitrogen and oxygen atoms in total. The number of aromatic nitrogens is 1. The van der Waals surface area contributed by atoms with Gasteiger partial charge in [-0.2, -0.15) is 0 Å². The van der Waals surface area contributed by atoms with Gasteiger partial charge in [0, 0.05) is 11.6 Å². The van der Waals surface area contributed by atoms with Gasteiger partial charge < -0.3 is 0 Å². The molecule has 0 aliphatic heterocycles. The van der Waals surface area contributed by atoms with Gasteiger partial charge in [-0.3, -0.25) is 4.98 Å². The van der Waals surface area contributed by atoms with Crippen molar-refractivity contribution >= 4 is 10.9 Å². The normalized spacial score (nSPS) is 7.71. The van der Waals surface area contributed by atoms with E-state index in [0.29, 0.717) is 0 Å². The molecule has 1 heterocycles. The van der Waals surface area contributed by atoms with Crippen molar-refractivity contribution in [3.63, 3.8) is 0 Å². The number of aryl methyl sites for hydroxylation is 1. The second kappa shape index (κ2) is 12.7. The second-order valence-corrected chi connectivity index (χ2v) is 2.71. The summed E-state index contributed by atoms with van der Waals surface area (Å²) in [6.45, 7) is 14.1. The van der Waals surface area contributed by atoms with Crippen LogP contribution in [-0.4, -0.2) is 4.98 Å². The van der Waals surface area contributed by atoms with E-state index in [-0.39, 0.29) is 0 Å². The van der Waals surface area contributed by atoms with Gasteiger partial charge in [0.25, 0.3) is 0 Å². The van der Waals surface area contributed by atoms with Crippen LogP contribution >= 0.6 is 0 Å². The van der Waals surface area contributed by atoms with E-state index in [4.69, 9.17) is 0 Å². The van der Waals surface area contributed by atoms with Gasteiger partial charge in [0.2, 0.25) is 0 Å².